The molecule has 9 heteroatoms. The molecule has 0 fully saturated rings. The van der Waals surface area contributed by atoms with Crippen LogP contribution in [0.2, 0.25) is 5.02 Å². The number of sulfonamides is 1. The van der Waals surface area contributed by atoms with Crippen molar-refractivity contribution in [3.63, 3.8) is 0 Å². The monoisotopic (exact) mass is 402 g/mol. The summed E-state index contributed by atoms with van der Waals surface area (Å²) in [6.45, 7) is 1.50. The number of amides is 1. The third-order valence-electron chi connectivity index (χ3n) is 3.48. The summed E-state index contributed by atoms with van der Waals surface area (Å²) in [5.74, 6) is -1.95. The number of rotatable bonds is 7. The first-order chi connectivity index (χ1) is 12.2. The molecule has 0 bridgehead atoms. The molecule has 0 aromatic heterocycles. The van der Waals surface area contributed by atoms with Crippen LogP contribution in [0.25, 0.3) is 0 Å². The van der Waals surface area contributed by atoms with Gasteiger partial charge in [0, 0.05) is 17.6 Å². The van der Waals surface area contributed by atoms with E-state index in [0.29, 0.717) is 10.6 Å². The first kappa shape index (κ1) is 20.3. The van der Waals surface area contributed by atoms with Crippen molar-refractivity contribution in [3.05, 3.63) is 64.7 Å². The SMILES string of the molecule is C[C@H](NS(=O)(=O)c1ccc(Cl)cc1)C(=O)NCCc1cc(F)cc(F)c1. The van der Waals surface area contributed by atoms with Gasteiger partial charge in [0.2, 0.25) is 15.9 Å². The second-order valence-electron chi connectivity index (χ2n) is 5.62. The maximum atomic E-state index is 13.1. The second-order valence-corrected chi connectivity index (χ2v) is 7.77. The molecule has 2 aromatic rings. The van der Waals surface area contributed by atoms with Gasteiger partial charge in [-0.25, -0.2) is 17.2 Å². The van der Waals surface area contributed by atoms with Crippen LogP contribution in [-0.2, 0) is 21.2 Å². The van der Waals surface area contributed by atoms with Crippen LogP contribution in [0, 0.1) is 11.6 Å². The van der Waals surface area contributed by atoms with E-state index in [-0.39, 0.29) is 17.9 Å². The largest absolute Gasteiger partial charge is 0.354 e. The number of carbonyl (C=O) groups is 1. The molecule has 0 aliphatic carbocycles. The maximum Gasteiger partial charge on any atom is 0.241 e. The summed E-state index contributed by atoms with van der Waals surface area (Å²) in [7, 11) is -3.88. The van der Waals surface area contributed by atoms with Crippen molar-refractivity contribution in [1.82, 2.24) is 10.0 Å². The minimum atomic E-state index is -3.88. The molecule has 140 valence electrons. The molecule has 0 radical (unpaired) electrons. The number of benzene rings is 2. The van der Waals surface area contributed by atoms with Gasteiger partial charge in [0.1, 0.15) is 11.6 Å². The fraction of sp³-hybridized carbons (Fsp3) is 0.235. The fourth-order valence-corrected chi connectivity index (χ4v) is 3.54. The Morgan fingerprint density at radius 3 is 2.27 bits per heavy atom. The molecule has 2 rings (SSSR count). The van der Waals surface area contributed by atoms with E-state index in [4.69, 9.17) is 11.6 Å². The van der Waals surface area contributed by atoms with E-state index < -0.39 is 33.6 Å². The zero-order valence-electron chi connectivity index (χ0n) is 13.8. The zero-order valence-corrected chi connectivity index (χ0v) is 15.4. The Balaban J connectivity index is 1.89. The van der Waals surface area contributed by atoms with Crippen LogP contribution in [0.15, 0.2) is 47.4 Å². The number of hydrogen-bond donors (Lipinski definition) is 2. The van der Waals surface area contributed by atoms with Crippen LogP contribution in [0.3, 0.4) is 0 Å². The molecular weight excluding hydrogens is 386 g/mol. The van der Waals surface area contributed by atoms with E-state index in [1.807, 2.05) is 0 Å². The van der Waals surface area contributed by atoms with Gasteiger partial charge in [0.05, 0.1) is 10.9 Å². The third-order valence-corrected chi connectivity index (χ3v) is 5.29. The second kappa shape index (κ2) is 8.57. The van der Waals surface area contributed by atoms with Gasteiger partial charge in [-0.15, -0.1) is 0 Å². The highest BCUT2D eigenvalue weighted by Crippen LogP contribution is 2.14. The molecule has 1 atom stereocenters. The van der Waals surface area contributed by atoms with Crippen LogP contribution in [-0.4, -0.2) is 26.9 Å². The molecule has 0 spiro atoms. The number of hydrogen-bond acceptors (Lipinski definition) is 3. The van der Waals surface area contributed by atoms with Crippen LogP contribution < -0.4 is 10.0 Å². The fourth-order valence-electron chi connectivity index (χ4n) is 2.21. The minimum absolute atomic E-state index is 0.0169. The molecule has 5 nitrogen and oxygen atoms in total. The predicted molar refractivity (Wildman–Crippen MR) is 94.3 cm³/mol. The summed E-state index contributed by atoms with van der Waals surface area (Å²) >= 11 is 5.72. The number of carbonyl (C=O) groups excluding carboxylic acids is 1. The Kier molecular flexibility index (Phi) is 6.69. The Hall–Kier alpha value is -2.03. The van der Waals surface area contributed by atoms with Gasteiger partial charge in [-0.05, 0) is 55.3 Å². The van der Waals surface area contributed by atoms with Gasteiger partial charge in [0.25, 0.3) is 0 Å². The normalized spacial score (nSPS) is 12.6. The van der Waals surface area contributed by atoms with Crippen molar-refractivity contribution in [1.29, 1.82) is 0 Å². The summed E-state index contributed by atoms with van der Waals surface area (Å²) in [6.07, 6.45) is 0.205. The average Bonchev–Trinajstić information content (AvgIpc) is 2.53. The van der Waals surface area contributed by atoms with Crippen molar-refractivity contribution in [2.45, 2.75) is 24.3 Å². The van der Waals surface area contributed by atoms with Crippen LogP contribution >= 0.6 is 11.6 Å². The molecule has 26 heavy (non-hydrogen) atoms. The standard InChI is InChI=1S/C17H17ClF2N2O3S/c1-11(22-26(24,25)16-4-2-13(18)3-5-16)17(23)21-7-6-12-8-14(19)10-15(20)9-12/h2-5,8-11,22H,6-7H2,1H3,(H,21,23)/t11-/m0/s1. The average molecular weight is 403 g/mol. The first-order valence-corrected chi connectivity index (χ1v) is 9.54. The Labute approximate surface area is 155 Å². The van der Waals surface area contributed by atoms with Crippen LogP contribution in [0.5, 0.6) is 0 Å². The van der Waals surface area contributed by atoms with Gasteiger partial charge >= 0.3 is 0 Å². The molecule has 0 heterocycles. The lowest BCUT2D eigenvalue weighted by Gasteiger charge is -2.14. The van der Waals surface area contributed by atoms with E-state index in [0.717, 1.165) is 6.07 Å². The van der Waals surface area contributed by atoms with Gasteiger partial charge < -0.3 is 5.32 Å². The van der Waals surface area contributed by atoms with E-state index >= 15 is 0 Å². The van der Waals surface area contributed by atoms with Gasteiger partial charge in [-0.2, -0.15) is 4.72 Å². The van der Waals surface area contributed by atoms with Gasteiger partial charge in [-0.1, -0.05) is 11.6 Å². The predicted octanol–water partition coefficient (Wildman–Crippen LogP) is 2.64. The van der Waals surface area contributed by atoms with Gasteiger partial charge in [-0.3, -0.25) is 4.79 Å². The van der Waals surface area contributed by atoms with E-state index in [1.54, 1.807) is 0 Å². The van der Waals surface area contributed by atoms with Crippen molar-refractivity contribution in [3.8, 4) is 0 Å². The van der Waals surface area contributed by atoms with Crippen LogP contribution in [0.1, 0.15) is 12.5 Å². The van der Waals surface area contributed by atoms with Crippen molar-refractivity contribution < 1.29 is 22.0 Å². The molecule has 0 saturated heterocycles. The van der Waals surface area contributed by atoms with Crippen molar-refractivity contribution in [2.24, 2.45) is 0 Å². The van der Waals surface area contributed by atoms with E-state index in [1.165, 1.54) is 43.3 Å². The van der Waals surface area contributed by atoms with Gasteiger partial charge in [0.15, 0.2) is 0 Å². The highest BCUT2D eigenvalue weighted by Gasteiger charge is 2.21. The molecule has 1 amide bonds. The Bertz CT molecular complexity index is 869. The lowest BCUT2D eigenvalue weighted by Crippen LogP contribution is -2.45. The lowest BCUT2D eigenvalue weighted by molar-refractivity contribution is -0.122. The molecular formula is C17H17ClF2N2O3S. The van der Waals surface area contributed by atoms with E-state index in [9.17, 15) is 22.0 Å². The summed E-state index contributed by atoms with van der Waals surface area (Å²) in [5.41, 5.74) is 0.386. The first-order valence-electron chi connectivity index (χ1n) is 7.68. The molecule has 0 unspecified atom stereocenters. The minimum Gasteiger partial charge on any atom is -0.354 e. The summed E-state index contributed by atoms with van der Waals surface area (Å²) < 4.78 is 52.9. The quantitative estimate of drug-likeness (QED) is 0.747. The number of halogens is 3. The van der Waals surface area contributed by atoms with E-state index in [2.05, 4.69) is 10.0 Å². The highest BCUT2D eigenvalue weighted by atomic mass is 35.5. The van der Waals surface area contributed by atoms with Crippen molar-refractivity contribution >= 4 is 27.5 Å². The smallest absolute Gasteiger partial charge is 0.241 e. The Morgan fingerprint density at radius 2 is 1.69 bits per heavy atom. The maximum absolute atomic E-state index is 13.1. The summed E-state index contributed by atoms with van der Waals surface area (Å²) in [4.78, 5) is 12.0. The third kappa shape index (κ3) is 5.76. The number of nitrogens with one attached hydrogen (secondary N) is 2. The molecule has 0 aliphatic rings. The molecule has 2 N–H and O–H groups in total. The Morgan fingerprint density at radius 1 is 1.12 bits per heavy atom. The highest BCUT2D eigenvalue weighted by molar-refractivity contribution is 7.89. The van der Waals surface area contributed by atoms with Crippen molar-refractivity contribution in [2.75, 3.05) is 6.54 Å². The summed E-state index contributed by atoms with van der Waals surface area (Å²) in [5, 5.41) is 2.91. The molecule has 0 saturated carbocycles. The lowest BCUT2D eigenvalue weighted by atomic mass is 10.1. The topological polar surface area (TPSA) is 75.3 Å². The summed E-state index contributed by atoms with van der Waals surface area (Å²) in [6, 6.07) is 7.58. The molecule has 0 aliphatic heterocycles. The van der Waals surface area contributed by atoms with Crippen LogP contribution in [0.4, 0.5) is 8.78 Å². The molecule has 2 aromatic carbocycles. The zero-order chi connectivity index (χ0) is 19.3.